The molecule has 0 unspecified atom stereocenters. The van der Waals surface area contributed by atoms with Crippen LogP contribution in [0, 0.1) is 0 Å². The third-order valence-electron chi connectivity index (χ3n) is 4.04. The molecule has 0 saturated carbocycles. The van der Waals surface area contributed by atoms with Crippen molar-refractivity contribution in [2.75, 3.05) is 11.9 Å². The van der Waals surface area contributed by atoms with Gasteiger partial charge in [-0.15, -0.1) is 11.3 Å². The molecule has 7 nitrogen and oxygen atoms in total. The largest absolute Gasteiger partial charge is 0.462 e. The summed E-state index contributed by atoms with van der Waals surface area (Å²) in [7, 11) is 0. The second-order valence-electron chi connectivity index (χ2n) is 6.06. The Morgan fingerprint density at radius 3 is 2.67 bits per heavy atom. The summed E-state index contributed by atoms with van der Waals surface area (Å²) in [5, 5.41) is 6.20. The van der Waals surface area contributed by atoms with Crippen molar-refractivity contribution in [1.29, 1.82) is 0 Å². The minimum Gasteiger partial charge on any atom is -0.462 e. The quantitative estimate of drug-likeness (QED) is 0.412. The number of carbonyl (C=O) groups is 1. The first-order valence-electron chi connectivity index (χ1n) is 9.08. The van der Waals surface area contributed by atoms with E-state index in [0.717, 1.165) is 17.0 Å². The number of nitrogens with one attached hydrogen (secondary N) is 1. The van der Waals surface area contributed by atoms with Gasteiger partial charge in [0.15, 0.2) is 16.8 Å². The number of thiazole rings is 1. The van der Waals surface area contributed by atoms with E-state index in [2.05, 4.69) is 25.3 Å². The van der Waals surface area contributed by atoms with Gasteiger partial charge in [-0.05, 0) is 43.3 Å². The van der Waals surface area contributed by atoms with Crippen LogP contribution < -0.4 is 5.32 Å². The van der Waals surface area contributed by atoms with Crippen LogP contribution in [-0.4, -0.2) is 32.5 Å². The van der Waals surface area contributed by atoms with E-state index in [1.165, 1.54) is 17.5 Å². The molecule has 0 aliphatic heterocycles. The highest BCUT2D eigenvalue weighted by Gasteiger charge is 2.18. The predicted octanol–water partition coefficient (Wildman–Crippen LogP) is 5.24. The Hall–Kier alpha value is -3.36. The van der Waals surface area contributed by atoms with Gasteiger partial charge in [-0.2, -0.15) is 0 Å². The van der Waals surface area contributed by atoms with E-state index in [4.69, 9.17) is 16.3 Å². The topological polar surface area (TPSA) is 89.9 Å². The van der Waals surface area contributed by atoms with Crippen LogP contribution in [0.25, 0.3) is 22.8 Å². The first-order valence-corrected chi connectivity index (χ1v) is 10.3. The Bertz CT molecular complexity index is 1170. The van der Waals surface area contributed by atoms with Gasteiger partial charge < -0.3 is 10.1 Å². The van der Waals surface area contributed by atoms with Crippen molar-refractivity contribution in [2.24, 2.45) is 0 Å². The summed E-state index contributed by atoms with van der Waals surface area (Å²) in [6.07, 6.45) is 3.16. The van der Waals surface area contributed by atoms with Crippen molar-refractivity contribution in [3.05, 3.63) is 70.8 Å². The fourth-order valence-corrected chi connectivity index (χ4v) is 3.47. The third-order valence-corrected chi connectivity index (χ3v) is 5.05. The molecule has 0 fully saturated rings. The SMILES string of the molecule is CCOC(=O)c1cnc(-c2ccc(Cl)cc2)nc1Nc1nc(-c2ccccn2)cs1. The number of hydrogen-bond donors (Lipinski definition) is 1. The summed E-state index contributed by atoms with van der Waals surface area (Å²) < 4.78 is 5.14. The molecular weight excluding hydrogens is 422 g/mol. The van der Waals surface area contributed by atoms with Crippen molar-refractivity contribution < 1.29 is 9.53 Å². The number of pyridine rings is 1. The van der Waals surface area contributed by atoms with Gasteiger partial charge in [0.05, 0.1) is 12.3 Å². The molecule has 150 valence electrons. The Morgan fingerprint density at radius 2 is 1.93 bits per heavy atom. The van der Waals surface area contributed by atoms with E-state index >= 15 is 0 Å². The molecule has 3 heterocycles. The van der Waals surface area contributed by atoms with E-state index in [1.54, 1.807) is 25.3 Å². The van der Waals surface area contributed by atoms with E-state index in [-0.39, 0.29) is 12.2 Å². The number of nitrogens with zero attached hydrogens (tertiary/aromatic N) is 4. The summed E-state index contributed by atoms with van der Waals surface area (Å²) >= 11 is 7.35. The van der Waals surface area contributed by atoms with Gasteiger partial charge in [-0.25, -0.2) is 19.7 Å². The van der Waals surface area contributed by atoms with Gasteiger partial charge in [0.1, 0.15) is 11.3 Å². The Labute approximate surface area is 181 Å². The summed E-state index contributed by atoms with van der Waals surface area (Å²) in [5.41, 5.74) is 2.49. The molecule has 0 aliphatic carbocycles. The number of hydrogen-bond acceptors (Lipinski definition) is 8. The standard InChI is InChI=1S/C21H16ClN5O2S/c1-2-29-20(28)15-11-24-18(13-6-8-14(22)9-7-13)26-19(15)27-21-25-17(12-30-21)16-5-3-4-10-23-16/h3-12H,2H2,1H3,(H,24,25,26,27). The van der Waals surface area contributed by atoms with Gasteiger partial charge in [0.25, 0.3) is 0 Å². The predicted molar refractivity (Wildman–Crippen MR) is 117 cm³/mol. The molecule has 0 bridgehead atoms. The number of benzene rings is 1. The second kappa shape index (κ2) is 8.98. The van der Waals surface area contributed by atoms with Crippen LogP contribution in [0.1, 0.15) is 17.3 Å². The van der Waals surface area contributed by atoms with Crippen molar-refractivity contribution in [3.63, 3.8) is 0 Å². The van der Waals surface area contributed by atoms with Crippen LogP contribution >= 0.6 is 22.9 Å². The van der Waals surface area contributed by atoms with Crippen LogP contribution in [0.15, 0.2) is 60.2 Å². The fraction of sp³-hybridized carbons (Fsp3) is 0.0952. The molecular formula is C21H16ClN5O2S. The van der Waals surface area contributed by atoms with Crippen LogP contribution in [0.2, 0.25) is 5.02 Å². The minimum atomic E-state index is -0.510. The van der Waals surface area contributed by atoms with Gasteiger partial charge >= 0.3 is 5.97 Å². The summed E-state index contributed by atoms with van der Waals surface area (Å²) in [6, 6.07) is 12.8. The smallest absolute Gasteiger partial charge is 0.343 e. The average Bonchev–Trinajstić information content (AvgIpc) is 3.23. The lowest BCUT2D eigenvalue weighted by molar-refractivity contribution is 0.0526. The molecule has 0 spiro atoms. The maximum Gasteiger partial charge on any atom is 0.343 e. The van der Waals surface area contributed by atoms with Crippen LogP contribution in [-0.2, 0) is 4.74 Å². The number of halogens is 1. The number of anilines is 2. The molecule has 0 saturated heterocycles. The number of aromatic nitrogens is 4. The minimum absolute atomic E-state index is 0.226. The highest BCUT2D eigenvalue weighted by Crippen LogP contribution is 2.28. The highest BCUT2D eigenvalue weighted by molar-refractivity contribution is 7.14. The zero-order chi connectivity index (χ0) is 20.9. The summed E-state index contributed by atoms with van der Waals surface area (Å²) in [4.78, 5) is 30.1. The van der Waals surface area contributed by atoms with E-state index < -0.39 is 5.97 Å². The molecule has 0 aliphatic rings. The molecule has 0 amide bonds. The van der Waals surface area contributed by atoms with Gasteiger partial charge in [0.2, 0.25) is 0 Å². The van der Waals surface area contributed by atoms with Crippen LogP contribution in [0.3, 0.4) is 0 Å². The Morgan fingerprint density at radius 1 is 1.10 bits per heavy atom. The third kappa shape index (κ3) is 4.45. The zero-order valence-electron chi connectivity index (χ0n) is 15.9. The fourth-order valence-electron chi connectivity index (χ4n) is 2.64. The van der Waals surface area contributed by atoms with Crippen molar-refractivity contribution >= 4 is 39.9 Å². The van der Waals surface area contributed by atoms with Crippen molar-refractivity contribution in [3.8, 4) is 22.8 Å². The van der Waals surface area contributed by atoms with Crippen LogP contribution in [0.4, 0.5) is 10.9 Å². The maximum absolute atomic E-state index is 12.4. The zero-order valence-corrected chi connectivity index (χ0v) is 17.4. The molecule has 4 rings (SSSR count). The molecule has 1 N–H and O–H groups in total. The molecule has 4 aromatic rings. The lowest BCUT2D eigenvalue weighted by Gasteiger charge is -2.10. The second-order valence-corrected chi connectivity index (χ2v) is 7.36. The van der Waals surface area contributed by atoms with Gasteiger partial charge in [-0.3, -0.25) is 4.98 Å². The normalized spacial score (nSPS) is 10.6. The first-order chi connectivity index (χ1) is 14.6. The number of rotatable bonds is 6. The Balaban J connectivity index is 1.69. The molecule has 30 heavy (non-hydrogen) atoms. The monoisotopic (exact) mass is 437 g/mol. The summed E-state index contributed by atoms with van der Waals surface area (Å²) in [6.45, 7) is 1.99. The number of ether oxygens (including phenoxy) is 1. The maximum atomic E-state index is 12.4. The highest BCUT2D eigenvalue weighted by atomic mass is 35.5. The van der Waals surface area contributed by atoms with E-state index in [1.807, 2.05) is 35.7 Å². The van der Waals surface area contributed by atoms with Crippen molar-refractivity contribution in [1.82, 2.24) is 19.9 Å². The molecule has 1 aromatic carbocycles. The number of carbonyl (C=O) groups excluding carboxylic acids is 1. The van der Waals surface area contributed by atoms with Crippen molar-refractivity contribution in [2.45, 2.75) is 6.92 Å². The molecule has 0 atom stereocenters. The molecule has 3 aromatic heterocycles. The lowest BCUT2D eigenvalue weighted by Crippen LogP contribution is -2.11. The number of esters is 1. The van der Waals surface area contributed by atoms with Gasteiger partial charge in [0, 0.05) is 28.4 Å². The average molecular weight is 438 g/mol. The van der Waals surface area contributed by atoms with E-state index in [0.29, 0.717) is 21.8 Å². The molecule has 0 radical (unpaired) electrons. The first kappa shape index (κ1) is 19.9. The summed E-state index contributed by atoms with van der Waals surface area (Å²) in [5.74, 6) is 0.253. The van der Waals surface area contributed by atoms with Gasteiger partial charge in [-0.1, -0.05) is 17.7 Å². The van der Waals surface area contributed by atoms with Crippen LogP contribution in [0.5, 0.6) is 0 Å². The Kier molecular flexibility index (Phi) is 5.97. The lowest BCUT2D eigenvalue weighted by atomic mass is 10.2. The molecule has 9 heteroatoms. The van der Waals surface area contributed by atoms with E-state index in [9.17, 15) is 4.79 Å².